The molecule has 2 aromatic heterocycles. The number of nitrogens with one attached hydrogen (secondary N) is 3. The fourth-order valence-electron chi connectivity index (χ4n) is 4.98. The number of H-pyrrole nitrogens is 2. The summed E-state index contributed by atoms with van der Waals surface area (Å²) in [7, 11) is -3.92. The number of aromatic amines is 2. The van der Waals surface area contributed by atoms with Crippen LogP contribution in [-0.4, -0.2) is 40.5 Å². The highest BCUT2D eigenvalue weighted by Crippen LogP contribution is 2.44. The van der Waals surface area contributed by atoms with Gasteiger partial charge < -0.3 is 9.88 Å². The van der Waals surface area contributed by atoms with Crippen molar-refractivity contribution in [1.82, 2.24) is 20.2 Å². The maximum absolute atomic E-state index is 13.2. The summed E-state index contributed by atoms with van der Waals surface area (Å²) < 4.78 is 41.4. The lowest BCUT2D eigenvalue weighted by Crippen LogP contribution is -2.40. The molecule has 0 aliphatic carbocycles. The number of aromatic nitrogens is 4. The van der Waals surface area contributed by atoms with E-state index >= 15 is 0 Å². The molecular formula is C27H25FN6O3S. The number of carbonyl (C=O) groups is 1. The molecule has 1 aliphatic rings. The minimum atomic E-state index is -3.92. The Morgan fingerprint density at radius 3 is 2.47 bits per heavy atom. The Morgan fingerprint density at radius 2 is 1.76 bits per heavy atom. The summed E-state index contributed by atoms with van der Waals surface area (Å²) in [6, 6.07) is 13.5. The molecule has 194 valence electrons. The van der Waals surface area contributed by atoms with Gasteiger partial charge >= 0.3 is 0 Å². The summed E-state index contributed by atoms with van der Waals surface area (Å²) in [4.78, 5) is 22.9. The Kier molecular flexibility index (Phi) is 5.15. The number of fused-ring (bicyclic) bond motifs is 3. The van der Waals surface area contributed by atoms with Gasteiger partial charge in [0.2, 0.25) is 5.91 Å². The van der Waals surface area contributed by atoms with E-state index in [4.69, 9.17) is 4.98 Å². The third-order valence-corrected chi connectivity index (χ3v) is 8.36. The molecule has 38 heavy (non-hydrogen) atoms. The Hall–Kier alpha value is -4.25. The molecular weight excluding hydrogens is 507 g/mol. The van der Waals surface area contributed by atoms with Crippen molar-refractivity contribution in [2.24, 2.45) is 0 Å². The molecule has 9 nitrogen and oxygen atoms in total. The summed E-state index contributed by atoms with van der Waals surface area (Å²) in [5.74, 6) is 0.0505. The van der Waals surface area contributed by atoms with Gasteiger partial charge in [0.05, 0.1) is 32.5 Å². The number of carbonyl (C=O) groups excluding carboxylic acids is 1. The maximum Gasteiger partial charge on any atom is 0.261 e. The molecule has 1 amide bonds. The van der Waals surface area contributed by atoms with Crippen LogP contribution in [0, 0.1) is 5.82 Å². The third-order valence-electron chi connectivity index (χ3n) is 6.97. The van der Waals surface area contributed by atoms with Gasteiger partial charge in [-0.3, -0.25) is 14.6 Å². The Morgan fingerprint density at radius 1 is 1.03 bits per heavy atom. The van der Waals surface area contributed by atoms with Crippen LogP contribution in [0.4, 0.5) is 15.8 Å². The molecule has 5 aromatic rings. The fraction of sp³-hybridized carbons (Fsp3) is 0.222. The van der Waals surface area contributed by atoms with Crippen molar-refractivity contribution in [2.45, 2.75) is 44.0 Å². The first-order chi connectivity index (χ1) is 18.0. The van der Waals surface area contributed by atoms with Crippen LogP contribution < -0.4 is 9.62 Å². The average molecular weight is 533 g/mol. The summed E-state index contributed by atoms with van der Waals surface area (Å²) in [5.41, 5.74) is 4.14. The second kappa shape index (κ2) is 8.12. The number of imidazole rings is 1. The van der Waals surface area contributed by atoms with Gasteiger partial charge in [-0.25, -0.2) is 17.8 Å². The Balaban J connectivity index is 1.40. The number of sulfonamides is 1. The minimum Gasteiger partial charge on any atom is -0.337 e. The Labute approximate surface area is 218 Å². The smallest absolute Gasteiger partial charge is 0.261 e. The fourth-order valence-corrected chi connectivity index (χ4v) is 6.03. The molecule has 0 spiro atoms. The van der Waals surface area contributed by atoms with Gasteiger partial charge in [0.15, 0.2) is 5.82 Å². The van der Waals surface area contributed by atoms with E-state index in [9.17, 15) is 17.6 Å². The largest absolute Gasteiger partial charge is 0.337 e. The zero-order valence-corrected chi connectivity index (χ0v) is 21.9. The van der Waals surface area contributed by atoms with Crippen LogP contribution in [0.25, 0.3) is 33.5 Å². The van der Waals surface area contributed by atoms with E-state index in [1.54, 1.807) is 18.2 Å². The van der Waals surface area contributed by atoms with Gasteiger partial charge in [-0.2, -0.15) is 5.10 Å². The molecule has 0 radical (unpaired) electrons. The lowest BCUT2D eigenvalue weighted by molar-refractivity contribution is -0.122. The highest BCUT2D eigenvalue weighted by molar-refractivity contribution is 7.92. The van der Waals surface area contributed by atoms with Crippen LogP contribution in [0.15, 0.2) is 59.5 Å². The zero-order chi connectivity index (χ0) is 27.0. The van der Waals surface area contributed by atoms with Gasteiger partial charge in [-0.1, -0.05) is 0 Å². The second-order valence-electron chi connectivity index (χ2n) is 10.3. The molecule has 0 saturated heterocycles. The molecule has 0 atom stereocenters. The number of hydrogen-bond acceptors (Lipinski definition) is 5. The first-order valence-corrected chi connectivity index (χ1v) is 13.6. The third kappa shape index (κ3) is 3.65. The lowest BCUT2D eigenvalue weighted by Gasteiger charge is -2.24. The van der Waals surface area contributed by atoms with Crippen molar-refractivity contribution < 1.29 is 17.6 Å². The molecule has 0 unspecified atom stereocenters. The molecule has 3 aromatic carbocycles. The monoisotopic (exact) mass is 532 g/mol. The molecule has 0 saturated carbocycles. The molecule has 3 N–H and O–H groups in total. The molecule has 0 fully saturated rings. The average Bonchev–Trinajstić information content (AvgIpc) is 3.51. The molecule has 11 heteroatoms. The first kappa shape index (κ1) is 24.1. The zero-order valence-electron chi connectivity index (χ0n) is 21.1. The van der Waals surface area contributed by atoms with Crippen molar-refractivity contribution in [2.75, 3.05) is 9.62 Å². The van der Waals surface area contributed by atoms with E-state index in [1.807, 2.05) is 44.7 Å². The van der Waals surface area contributed by atoms with Crippen molar-refractivity contribution in [1.29, 1.82) is 0 Å². The summed E-state index contributed by atoms with van der Waals surface area (Å²) in [6.45, 7) is 7.83. The minimum absolute atomic E-state index is 0.00582. The summed E-state index contributed by atoms with van der Waals surface area (Å²) in [5, 5.41) is 8.05. The number of amides is 1. The molecule has 3 heterocycles. The van der Waals surface area contributed by atoms with E-state index < -0.39 is 21.3 Å². The van der Waals surface area contributed by atoms with Crippen LogP contribution in [0.2, 0.25) is 0 Å². The summed E-state index contributed by atoms with van der Waals surface area (Å²) >= 11 is 0. The number of halogens is 1. The van der Waals surface area contributed by atoms with Crippen LogP contribution in [-0.2, 0) is 20.2 Å². The summed E-state index contributed by atoms with van der Waals surface area (Å²) in [6.07, 6.45) is 0. The lowest BCUT2D eigenvalue weighted by atomic mass is 9.86. The van der Waals surface area contributed by atoms with Crippen LogP contribution in [0.5, 0.6) is 0 Å². The quantitative estimate of drug-likeness (QED) is 0.291. The number of nitrogens with zero attached hydrogens (tertiary/aromatic N) is 3. The number of anilines is 2. The van der Waals surface area contributed by atoms with Crippen molar-refractivity contribution >= 4 is 49.2 Å². The maximum atomic E-state index is 13.2. The molecule has 0 bridgehead atoms. The van der Waals surface area contributed by atoms with Gasteiger partial charge in [-0.05, 0) is 87.9 Å². The van der Waals surface area contributed by atoms with Crippen LogP contribution in [0.1, 0.15) is 33.3 Å². The van der Waals surface area contributed by atoms with E-state index in [-0.39, 0.29) is 16.8 Å². The number of benzene rings is 3. The normalized spacial score (nSPS) is 15.1. The highest BCUT2D eigenvalue weighted by atomic mass is 32.2. The van der Waals surface area contributed by atoms with Crippen molar-refractivity contribution in [3.05, 3.63) is 66.0 Å². The van der Waals surface area contributed by atoms with Gasteiger partial charge in [0.25, 0.3) is 10.0 Å². The predicted molar refractivity (Wildman–Crippen MR) is 144 cm³/mol. The number of rotatable bonds is 5. The van der Waals surface area contributed by atoms with Gasteiger partial charge in [-0.15, -0.1) is 0 Å². The van der Waals surface area contributed by atoms with E-state index in [0.717, 1.165) is 28.9 Å². The molecule has 6 rings (SSSR count). The highest BCUT2D eigenvalue weighted by Gasteiger charge is 2.45. The van der Waals surface area contributed by atoms with E-state index in [1.165, 1.54) is 12.1 Å². The topological polar surface area (TPSA) is 124 Å². The Bertz CT molecular complexity index is 1860. The van der Waals surface area contributed by atoms with E-state index in [2.05, 4.69) is 19.9 Å². The van der Waals surface area contributed by atoms with Crippen molar-refractivity contribution in [3.63, 3.8) is 0 Å². The first-order valence-electron chi connectivity index (χ1n) is 12.1. The van der Waals surface area contributed by atoms with Crippen LogP contribution in [0.3, 0.4) is 0 Å². The predicted octanol–water partition coefficient (Wildman–Crippen LogP) is 5.08. The van der Waals surface area contributed by atoms with Gasteiger partial charge in [0.1, 0.15) is 11.5 Å². The number of hydrogen-bond donors (Lipinski definition) is 3. The second-order valence-corrected chi connectivity index (χ2v) is 11.9. The SMILES string of the molecule is CC(C)N1C(=O)C(C)(C)c2cc3[nH]c(-c4n[nH]c5ccc(NS(=O)(=O)c6ccc(F)cc6)cc45)nc3cc21. The molecule has 1 aliphatic heterocycles. The van der Waals surface area contributed by atoms with Crippen molar-refractivity contribution in [3.8, 4) is 11.5 Å². The standard InChI is InChI=1S/C27H25FN6O3S/c1-14(2)34-23-13-22-21(12-19(23)27(3,4)26(34)35)29-25(30-22)24-18-11-16(7-10-20(18)31-32-24)33-38(36,37)17-8-5-15(28)6-9-17/h5-14,33H,1-4H3,(H,29,30)(H,31,32). The van der Waals surface area contributed by atoms with Crippen LogP contribution >= 0.6 is 0 Å². The van der Waals surface area contributed by atoms with E-state index in [0.29, 0.717) is 33.6 Å². The van der Waals surface area contributed by atoms with Gasteiger partial charge in [0, 0.05) is 17.1 Å².